The van der Waals surface area contributed by atoms with Gasteiger partial charge in [0.1, 0.15) is 0 Å². The molecular formula is C12H7F3N2O3. The second kappa shape index (κ2) is 4.80. The number of amides is 1. The summed E-state index contributed by atoms with van der Waals surface area (Å²) in [5, 5.41) is 11.0. The third-order valence-corrected chi connectivity index (χ3v) is 2.50. The SMILES string of the molecule is O=C(O)c1nccc2cccc(NC(=O)C(F)(F)F)c12. The van der Waals surface area contributed by atoms with E-state index in [1.165, 1.54) is 30.5 Å². The van der Waals surface area contributed by atoms with Crippen LogP contribution >= 0.6 is 0 Å². The maximum Gasteiger partial charge on any atom is 0.471 e. The average molecular weight is 284 g/mol. The first-order valence-corrected chi connectivity index (χ1v) is 5.30. The van der Waals surface area contributed by atoms with Crippen LogP contribution in [0.4, 0.5) is 18.9 Å². The molecule has 0 saturated heterocycles. The third kappa shape index (κ3) is 2.53. The quantitative estimate of drug-likeness (QED) is 0.887. The van der Waals surface area contributed by atoms with Gasteiger partial charge < -0.3 is 10.4 Å². The van der Waals surface area contributed by atoms with E-state index in [1.807, 2.05) is 0 Å². The molecule has 20 heavy (non-hydrogen) atoms. The minimum absolute atomic E-state index is 0.0555. The molecule has 0 aliphatic rings. The fourth-order valence-corrected chi connectivity index (χ4v) is 1.69. The average Bonchev–Trinajstić information content (AvgIpc) is 2.37. The van der Waals surface area contributed by atoms with Crippen LogP contribution in [-0.2, 0) is 4.79 Å². The largest absolute Gasteiger partial charge is 0.476 e. The number of carboxylic acids is 1. The van der Waals surface area contributed by atoms with Crippen LogP contribution in [0, 0.1) is 0 Å². The van der Waals surface area contributed by atoms with Crippen molar-refractivity contribution in [2.45, 2.75) is 6.18 Å². The highest BCUT2D eigenvalue weighted by Gasteiger charge is 2.39. The molecule has 2 aromatic rings. The summed E-state index contributed by atoms with van der Waals surface area (Å²) in [6, 6.07) is 5.53. The summed E-state index contributed by atoms with van der Waals surface area (Å²) in [7, 11) is 0. The summed E-state index contributed by atoms with van der Waals surface area (Å²) < 4.78 is 36.8. The Labute approximate surface area is 110 Å². The van der Waals surface area contributed by atoms with Crippen molar-refractivity contribution in [2.24, 2.45) is 0 Å². The molecule has 1 amide bonds. The van der Waals surface area contributed by atoms with E-state index in [-0.39, 0.29) is 11.1 Å². The number of fused-ring (bicyclic) bond motifs is 1. The Kier molecular flexibility index (Phi) is 3.31. The Balaban J connectivity index is 2.59. The van der Waals surface area contributed by atoms with Crippen LogP contribution in [0.5, 0.6) is 0 Å². The Morgan fingerprint density at radius 2 is 1.90 bits per heavy atom. The molecule has 2 N–H and O–H groups in total. The zero-order valence-electron chi connectivity index (χ0n) is 9.73. The zero-order valence-corrected chi connectivity index (χ0v) is 9.73. The van der Waals surface area contributed by atoms with Crippen LogP contribution in [0.1, 0.15) is 10.5 Å². The van der Waals surface area contributed by atoms with Crippen molar-refractivity contribution in [2.75, 3.05) is 5.32 Å². The molecule has 0 aliphatic carbocycles. The summed E-state index contributed by atoms with van der Waals surface area (Å²) in [6.07, 6.45) is -3.84. The number of carbonyl (C=O) groups is 2. The lowest BCUT2D eigenvalue weighted by atomic mass is 10.1. The van der Waals surface area contributed by atoms with Crippen LogP contribution in [-0.4, -0.2) is 28.1 Å². The van der Waals surface area contributed by atoms with Gasteiger partial charge in [0.2, 0.25) is 0 Å². The number of anilines is 1. The molecule has 0 radical (unpaired) electrons. The molecule has 2 rings (SSSR count). The molecule has 0 spiro atoms. The molecule has 1 heterocycles. The maximum absolute atomic E-state index is 12.3. The monoisotopic (exact) mass is 284 g/mol. The number of rotatable bonds is 2. The number of nitrogens with zero attached hydrogens (tertiary/aromatic N) is 1. The maximum atomic E-state index is 12.3. The second-order valence-corrected chi connectivity index (χ2v) is 3.82. The van der Waals surface area contributed by atoms with Gasteiger partial charge in [0.05, 0.1) is 5.69 Å². The predicted molar refractivity (Wildman–Crippen MR) is 63.4 cm³/mol. The summed E-state index contributed by atoms with van der Waals surface area (Å²) in [4.78, 5) is 25.6. The summed E-state index contributed by atoms with van der Waals surface area (Å²) in [5.74, 6) is -3.57. The Morgan fingerprint density at radius 1 is 1.20 bits per heavy atom. The highest BCUT2D eigenvalue weighted by Crippen LogP contribution is 2.27. The highest BCUT2D eigenvalue weighted by molar-refractivity contribution is 6.11. The first-order valence-electron chi connectivity index (χ1n) is 5.30. The van der Waals surface area contributed by atoms with E-state index >= 15 is 0 Å². The second-order valence-electron chi connectivity index (χ2n) is 3.82. The van der Waals surface area contributed by atoms with E-state index in [0.717, 1.165) is 0 Å². The normalized spacial score (nSPS) is 11.3. The smallest absolute Gasteiger partial charge is 0.471 e. The zero-order chi connectivity index (χ0) is 14.9. The first-order chi connectivity index (χ1) is 9.30. The van der Waals surface area contributed by atoms with Gasteiger partial charge in [-0.1, -0.05) is 12.1 Å². The summed E-state index contributed by atoms with van der Waals surface area (Å²) in [6.45, 7) is 0. The Hall–Kier alpha value is -2.64. The molecule has 0 saturated carbocycles. The van der Waals surface area contributed by atoms with Gasteiger partial charge in [0, 0.05) is 11.6 Å². The molecule has 1 aromatic carbocycles. The number of nitrogens with one attached hydrogen (secondary N) is 1. The van der Waals surface area contributed by atoms with E-state index in [0.29, 0.717) is 5.39 Å². The van der Waals surface area contributed by atoms with Crippen molar-refractivity contribution in [1.82, 2.24) is 4.98 Å². The predicted octanol–water partition coefficient (Wildman–Crippen LogP) is 2.43. The van der Waals surface area contributed by atoms with Crippen LogP contribution in [0.2, 0.25) is 0 Å². The molecule has 0 bridgehead atoms. The number of aromatic carboxylic acids is 1. The first kappa shape index (κ1) is 13.8. The molecule has 8 heteroatoms. The number of carbonyl (C=O) groups excluding carboxylic acids is 1. The highest BCUT2D eigenvalue weighted by atomic mass is 19.4. The lowest BCUT2D eigenvalue weighted by molar-refractivity contribution is -0.167. The molecule has 0 aliphatic heterocycles. The Morgan fingerprint density at radius 3 is 2.50 bits per heavy atom. The van der Waals surface area contributed by atoms with Gasteiger partial charge in [-0.3, -0.25) is 4.79 Å². The van der Waals surface area contributed by atoms with E-state index < -0.39 is 23.7 Å². The van der Waals surface area contributed by atoms with Gasteiger partial charge in [-0.2, -0.15) is 13.2 Å². The molecular weight excluding hydrogens is 277 g/mol. The van der Waals surface area contributed by atoms with E-state index in [4.69, 9.17) is 5.11 Å². The lowest BCUT2D eigenvalue weighted by Gasteiger charge is -2.11. The van der Waals surface area contributed by atoms with E-state index in [2.05, 4.69) is 4.98 Å². The van der Waals surface area contributed by atoms with Gasteiger partial charge >= 0.3 is 18.1 Å². The number of benzene rings is 1. The van der Waals surface area contributed by atoms with E-state index in [9.17, 15) is 22.8 Å². The minimum atomic E-state index is -5.06. The van der Waals surface area contributed by atoms with Crippen molar-refractivity contribution in [3.8, 4) is 0 Å². The number of carboxylic acid groups (broad SMARTS) is 1. The van der Waals surface area contributed by atoms with Gasteiger partial charge in [0.15, 0.2) is 5.69 Å². The number of hydrogen-bond acceptors (Lipinski definition) is 3. The molecule has 5 nitrogen and oxygen atoms in total. The number of hydrogen-bond donors (Lipinski definition) is 2. The number of halogens is 3. The van der Waals surface area contributed by atoms with Crippen LogP contribution in [0.3, 0.4) is 0 Å². The van der Waals surface area contributed by atoms with Crippen LogP contribution < -0.4 is 5.32 Å². The van der Waals surface area contributed by atoms with Gasteiger partial charge in [-0.15, -0.1) is 0 Å². The van der Waals surface area contributed by atoms with Gasteiger partial charge in [-0.25, -0.2) is 9.78 Å². The van der Waals surface area contributed by atoms with Crippen molar-refractivity contribution in [3.05, 3.63) is 36.2 Å². The van der Waals surface area contributed by atoms with Crippen LogP contribution in [0.25, 0.3) is 10.8 Å². The number of aromatic nitrogens is 1. The molecule has 0 atom stereocenters. The summed E-state index contributed by atoms with van der Waals surface area (Å²) >= 11 is 0. The standard InChI is InChI=1S/C12H7F3N2O3/c13-12(14,15)11(20)17-7-3-1-2-6-4-5-16-9(8(6)7)10(18)19/h1-5H,(H,17,20)(H,18,19). The lowest BCUT2D eigenvalue weighted by Crippen LogP contribution is -2.30. The van der Waals surface area contributed by atoms with E-state index in [1.54, 1.807) is 5.32 Å². The van der Waals surface area contributed by atoms with Crippen molar-refractivity contribution >= 4 is 28.3 Å². The fraction of sp³-hybridized carbons (Fsp3) is 0.0833. The molecule has 0 unspecified atom stereocenters. The number of alkyl halides is 3. The molecule has 104 valence electrons. The molecule has 1 aromatic heterocycles. The van der Waals surface area contributed by atoms with Gasteiger partial charge in [0.25, 0.3) is 0 Å². The van der Waals surface area contributed by atoms with Crippen molar-refractivity contribution in [1.29, 1.82) is 0 Å². The minimum Gasteiger partial charge on any atom is -0.476 e. The summed E-state index contributed by atoms with van der Waals surface area (Å²) in [5.41, 5.74) is -0.684. The van der Waals surface area contributed by atoms with Crippen LogP contribution in [0.15, 0.2) is 30.5 Å². The topological polar surface area (TPSA) is 79.3 Å². The van der Waals surface area contributed by atoms with Gasteiger partial charge in [-0.05, 0) is 17.5 Å². The number of pyridine rings is 1. The fourth-order valence-electron chi connectivity index (χ4n) is 1.69. The molecule has 0 fully saturated rings. The van der Waals surface area contributed by atoms with Crippen molar-refractivity contribution in [3.63, 3.8) is 0 Å². The Bertz CT molecular complexity index is 693. The van der Waals surface area contributed by atoms with Crippen molar-refractivity contribution < 1.29 is 27.9 Å². The third-order valence-electron chi connectivity index (χ3n) is 2.50.